The van der Waals surface area contributed by atoms with Gasteiger partial charge >= 0.3 is 0 Å². The summed E-state index contributed by atoms with van der Waals surface area (Å²) in [5, 5.41) is 0. The summed E-state index contributed by atoms with van der Waals surface area (Å²) in [6, 6.07) is 86.0. The van der Waals surface area contributed by atoms with E-state index >= 15 is 0 Å². The van der Waals surface area contributed by atoms with Gasteiger partial charge in [0.1, 0.15) is 23.0 Å². The molecule has 0 N–H and O–H groups in total. The maximum Gasteiger partial charge on any atom is 0.132 e. The molecule has 0 bridgehead atoms. The fourth-order valence-corrected chi connectivity index (χ4v) is 11.9. The second-order valence-corrected chi connectivity index (χ2v) is 17.5. The minimum Gasteiger partial charge on any atom is -0.457 e. The van der Waals surface area contributed by atoms with Crippen molar-refractivity contribution in [3.63, 3.8) is 0 Å². The zero-order valence-electron chi connectivity index (χ0n) is 35.3. The summed E-state index contributed by atoms with van der Waals surface area (Å²) in [4.78, 5) is 2.43. The summed E-state index contributed by atoms with van der Waals surface area (Å²) in [6.07, 6.45) is 0. The van der Waals surface area contributed by atoms with Gasteiger partial charge in [-0.2, -0.15) is 0 Å². The Kier molecular flexibility index (Phi) is 7.53. The molecule has 3 nitrogen and oxygen atoms in total. The lowest BCUT2D eigenvalue weighted by Crippen LogP contribution is -2.32. The molecule has 65 heavy (non-hydrogen) atoms. The lowest BCUT2D eigenvalue weighted by Gasteiger charge is -2.39. The Morgan fingerprint density at radius 3 is 1.28 bits per heavy atom. The quantitative estimate of drug-likeness (QED) is 0.176. The molecule has 0 saturated heterocycles. The second kappa shape index (κ2) is 13.6. The van der Waals surface area contributed by atoms with E-state index in [1.807, 2.05) is 0 Å². The Labute approximate surface area is 378 Å². The van der Waals surface area contributed by atoms with Gasteiger partial charge in [0, 0.05) is 39.2 Å². The lowest BCUT2D eigenvalue weighted by molar-refractivity contribution is 0.436. The monoisotopic (exact) mass is 829 g/mol. The van der Waals surface area contributed by atoms with Crippen LogP contribution in [-0.2, 0) is 10.8 Å². The molecular formula is C62H39NO2. The Balaban J connectivity index is 0.944. The zero-order valence-corrected chi connectivity index (χ0v) is 35.3. The number of ether oxygens (including phenoxy) is 2. The molecule has 0 amide bonds. The molecule has 2 aliphatic heterocycles. The number of benzene rings is 10. The van der Waals surface area contributed by atoms with Gasteiger partial charge in [0.15, 0.2) is 0 Å². The van der Waals surface area contributed by atoms with E-state index in [4.69, 9.17) is 9.47 Å². The van der Waals surface area contributed by atoms with E-state index in [0.29, 0.717) is 0 Å². The van der Waals surface area contributed by atoms with Crippen LogP contribution >= 0.6 is 0 Å². The predicted molar refractivity (Wildman–Crippen MR) is 261 cm³/mol. The molecule has 2 spiro atoms. The van der Waals surface area contributed by atoms with Crippen molar-refractivity contribution in [1.82, 2.24) is 0 Å². The summed E-state index contributed by atoms with van der Waals surface area (Å²) < 4.78 is 13.3. The van der Waals surface area contributed by atoms with Gasteiger partial charge in [0.2, 0.25) is 0 Å². The SMILES string of the molecule is c1ccc(N(c2ccc(-c3ccc4c(c3)C3(c5ccccc5Oc5ccccc53)c3ccccc3-4)cc2)c2cccc3c2-c2ccccc2C32c3ccccc3Oc3ccccc32)cc1. The highest BCUT2D eigenvalue weighted by atomic mass is 16.5. The van der Waals surface area contributed by atoms with E-state index in [0.717, 1.165) is 56.8 Å². The smallest absolute Gasteiger partial charge is 0.132 e. The highest BCUT2D eigenvalue weighted by Crippen LogP contribution is 2.65. The maximum atomic E-state index is 6.65. The normalized spacial score (nSPS) is 14.3. The Morgan fingerprint density at radius 2 is 0.692 bits per heavy atom. The van der Waals surface area contributed by atoms with Gasteiger partial charge in [-0.3, -0.25) is 0 Å². The molecule has 0 aromatic heterocycles. The average molecular weight is 830 g/mol. The number of hydrogen-bond acceptors (Lipinski definition) is 3. The second-order valence-electron chi connectivity index (χ2n) is 17.5. The number of rotatable bonds is 4. The molecule has 2 aliphatic carbocycles. The van der Waals surface area contributed by atoms with Gasteiger partial charge in [0.05, 0.1) is 16.5 Å². The van der Waals surface area contributed by atoms with Crippen molar-refractivity contribution >= 4 is 17.1 Å². The van der Waals surface area contributed by atoms with Crippen molar-refractivity contribution in [2.24, 2.45) is 0 Å². The molecule has 10 aromatic rings. The highest BCUT2D eigenvalue weighted by Gasteiger charge is 2.53. The lowest BCUT2D eigenvalue weighted by atomic mass is 9.66. The number of nitrogens with zero attached hydrogens (tertiary/aromatic N) is 1. The van der Waals surface area contributed by atoms with Crippen molar-refractivity contribution in [3.05, 3.63) is 281 Å². The minimum absolute atomic E-state index is 0.524. The van der Waals surface area contributed by atoms with Crippen LogP contribution in [0.25, 0.3) is 33.4 Å². The third-order valence-electron chi connectivity index (χ3n) is 14.4. The Bertz CT molecular complexity index is 3480. The largest absolute Gasteiger partial charge is 0.457 e. The molecular weight excluding hydrogens is 791 g/mol. The van der Waals surface area contributed by atoms with Crippen molar-refractivity contribution in [1.29, 1.82) is 0 Å². The van der Waals surface area contributed by atoms with Crippen LogP contribution in [0.4, 0.5) is 17.1 Å². The van der Waals surface area contributed by atoms with Crippen molar-refractivity contribution < 1.29 is 9.47 Å². The molecule has 4 aliphatic rings. The van der Waals surface area contributed by atoms with Gasteiger partial charge in [-0.15, -0.1) is 0 Å². The molecule has 2 heterocycles. The first-order valence-corrected chi connectivity index (χ1v) is 22.4. The van der Waals surface area contributed by atoms with E-state index in [2.05, 4.69) is 241 Å². The van der Waals surface area contributed by atoms with Crippen molar-refractivity contribution in [3.8, 4) is 56.4 Å². The van der Waals surface area contributed by atoms with Gasteiger partial charge in [0.25, 0.3) is 0 Å². The molecule has 10 aromatic carbocycles. The fourth-order valence-electron chi connectivity index (χ4n) is 11.9. The summed E-state index contributed by atoms with van der Waals surface area (Å²) in [7, 11) is 0. The Hall–Kier alpha value is -8.40. The third kappa shape index (κ3) is 4.79. The van der Waals surface area contributed by atoms with Crippen LogP contribution in [0.2, 0.25) is 0 Å². The Morgan fingerprint density at radius 1 is 0.277 bits per heavy atom. The van der Waals surface area contributed by atoms with Crippen LogP contribution in [0.5, 0.6) is 23.0 Å². The van der Waals surface area contributed by atoms with Crippen LogP contribution < -0.4 is 14.4 Å². The first-order valence-electron chi connectivity index (χ1n) is 22.4. The molecule has 304 valence electrons. The van der Waals surface area contributed by atoms with E-state index in [-0.39, 0.29) is 0 Å². The number of para-hydroxylation sites is 5. The van der Waals surface area contributed by atoms with Crippen LogP contribution in [0.3, 0.4) is 0 Å². The van der Waals surface area contributed by atoms with Crippen LogP contribution in [0.1, 0.15) is 44.5 Å². The van der Waals surface area contributed by atoms with Crippen LogP contribution in [0.15, 0.2) is 237 Å². The topological polar surface area (TPSA) is 21.7 Å². The van der Waals surface area contributed by atoms with Gasteiger partial charge in [-0.25, -0.2) is 0 Å². The number of fused-ring (bicyclic) bond motifs is 18. The maximum absolute atomic E-state index is 6.65. The van der Waals surface area contributed by atoms with Crippen LogP contribution in [0, 0.1) is 0 Å². The van der Waals surface area contributed by atoms with Crippen LogP contribution in [-0.4, -0.2) is 0 Å². The first kappa shape index (κ1) is 36.1. The highest BCUT2D eigenvalue weighted by molar-refractivity contribution is 5.98. The zero-order chi connectivity index (χ0) is 42.7. The summed E-state index contributed by atoms with van der Waals surface area (Å²) in [6.45, 7) is 0. The van der Waals surface area contributed by atoms with Gasteiger partial charge in [-0.05, 0) is 111 Å². The third-order valence-corrected chi connectivity index (χ3v) is 14.4. The van der Waals surface area contributed by atoms with E-state index < -0.39 is 10.8 Å². The predicted octanol–water partition coefficient (Wildman–Crippen LogP) is 15.8. The summed E-state index contributed by atoms with van der Waals surface area (Å²) in [5.41, 5.74) is 19.2. The van der Waals surface area contributed by atoms with E-state index in [9.17, 15) is 0 Å². The number of hydrogen-bond donors (Lipinski definition) is 0. The average Bonchev–Trinajstić information content (AvgIpc) is 3.83. The molecule has 3 heteroatoms. The molecule has 0 saturated carbocycles. The number of anilines is 3. The van der Waals surface area contributed by atoms with Crippen molar-refractivity contribution in [2.75, 3.05) is 4.90 Å². The summed E-state index contributed by atoms with van der Waals surface area (Å²) >= 11 is 0. The fraction of sp³-hybridized carbons (Fsp3) is 0.0323. The van der Waals surface area contributed by atoms with E-state index in [1.54, 1.807) is 0 Å². The van der Waals surface area contributed by atoms with Gasteiger partial charge in [-0.1, -0.05) is 176 Å². The molecule has 0 atom stereocenters. The van der Waals surface area contributed by atoms with Gasteiger partial charge < -0.3 is 14.4 Å². The molecule has 0 unspecified atom stereocenters. The first-order chi connectivity index (χ1) is 32.2. The van der Waals surface area contributed by atoms with E-state index in [1.165, 1.54) is 61.2 Å². The molecule has 0 radical (unpaired) electrons. The summed E-state index contributed by atoms with van der Waals surface area (Å²) in [5.74, 6) is 3.58. The minimum atomic E-state index is -0.560. The molecule has 14 rings (SSSR count). The van der Waals surface area contributed by atoms with Crippen molar-refractivity contribution in [2.45, 2.75) is 10.8 Å². The molecule has 0 fully saturated rings. The standard InChI is InChI=1S/C62H39NO2/c1-2-17-42(18-3-1)63(55-28-16-27-53-60(55)46-20-5-7-22-48(46)61(53)49-23-8-12-29-56(49)64-57-30-13-9-24-50(57)61)43-36-33-40(34-37-43)41-35-38-45-44-19-4-6-21-47(44)62(54(45)39-41)51-25-10-14-31-58(51)65-59-32-15-11-26-52(59)62/h1-39H.